The number of anilines is 1. The van der Waals surface area contributed by atoms with E-state index < -0.39 is 11.9 Å². The quantitative estimate of drug-likeness (QED) is 0.844. The molecular weight excluding hydrogens is 276 g/mol. The van der Waals surface area contributed by atoms with E-state index in [4.69, 9.17) is 16.2 Å². The normalized spacial score (nSPS) is 10.2. The minimum absolute atomic E-state index is 0.171. The van der Waals surface area contributed by atoms with Gasteiger partial charge in [-0.3, -0.25) is 4.79 Å². The van der Waals surface area contributed by atoms with E-state index in [1.54, 1.807) is 19.1 Å². The molecule has 1 aromatic heterocycles. The van der Waals surface area contributed by atoms with Gasteiger partial charge in [0.25, 0.3) is 5.91 Å². The number of rotatable bonds is 4. The molecule has 0 aliphatic heterocycles. The fraction of sp³-hybridized carbons (Fsp3) is 0.143. The van der Waals surface area contributed by atoms with Gasteiger partial charge in [-0.1, -0.05) is 30.3 Å². The Morgan fingerprint density at radius 2 is 1.90 bits per heavy atom. The van der Waals surface area contributed by atoms with Crippen LogP contribution in [0.3, 0.4) is 0 Å². The molecule has 0 aliphatic rings. The lowest BCUT2D eigenvalue weighted by atomic mass is 10.0. The summed E-state index contributed by atoms with van der Waals surface area (Å²) in [5.41, 5.74) is 12.5. The molecule has 1 heterocycles. The Bertz CT molecular complexity index is 650. The lowest BCUT2D eigenvalue weighted by Gasteiger charge is -2.06. The maximum absolute atomic E-state index is 12.0. The third-order valence-electron chi connectivity index (χ3n) is 2.71. The molecule has 5 nitrogen and oxygen atoms in total. The first-order chi connectivity index (χ1) is 9.56. The number of thiophene rings is 1. The Kier molecular flexibility index (Phi) is 4.05. The average Bonchev–Trinajstić information content (AvgIpc) is 2.78. The summed E-state index contributed by atoms with van der Waals surface area (Å²) in [4.78, 5) is 23.9. The molecule has 0 unspecified atom stereocenters. The van der Waals surface area contributed by atoms with Gasteiger partial charge in [-0.15, -0.1) is 11.3 Å². The van der Waals surface area contributed by atoms with Gasteiger partial charge in [0.1, 0.15) is 9.88 Å². The molecule has 2 rings (SSSR count). The van der Waals surface area contributed by atoms with Gasteiger partial charge in [-0.25, -0.2) is 4.79 Å². The van der Waals surface area contributed by atoms with Crippen LogP contribution >= 0.6 is 11.3 Å². The predicted molar refractivity (Wildman–Crippen MR) is 78.6 cm³/mol. The summed E-state index contributed by atoms with van der Waals surface area (Å²) in [6.45, 7) is 1.96. The van der Waals surface area contributed by atoms with Crippen LogP contribution in [0, 0.1) is 0 Å². The zero-order valence-corrected chi connectivity index (χ0v) is 11.7. The van der Waals surface area contributed by atoms with Gasteiger partial charge in [-0.05, 0) is 12.5 Å². The Morgan fingerprint density at radius 3 is 2.45 bits per heavy atom. The van der Waals surface area contributed by atoms with Crippen molar-refractivity contribution in [1.29, 1.82) is 0 Å². The fourth-order valence-corrected chi connectivity index (χ4v) is 2.90. The highest BCUT2D eigenvalue weighted by atomic mass is 32.1. The van der Waals surface area contributed by atoms with Gasteiger partial charge < -0.3 is 16.2 Å². The summed E-state index contributed by atoms with van der Waals surface area (Å²) in [7, 11) is 0. The summed E-state index contributed by atoms with van der Waals surface area (Å²) >= 11 is 1.01. The van der Waals surface area contributed by atoms with Gasteiger partial charge >= 0.3 is 5.97 Å². The van der Waals surface area contributed by atoms with Crippen LogP contribution < -0.4 is 11.5 Å². The molecule has 20 heavy (non-hydrogen) atoms. The first-order valence-corrected chi connectivity index (χ1v) is 6.82. The van der Waals surface area contributed by atoms with E-state index in [2.05, 4.69) is 0 Å². The predicted octanol–water partition coefficient (Wildman–Crippen LogP) is 2.27. The van der Waals surface area contributed by atoms with Crippen LogP contribution in [0.15, 0.2) is 30.3 Å². The first kappa shape index (κ1) is 14.1. The van der Waals surface area contributed by atoms with Gasteiger partial charge in [0.05, 0.1) is 12.2 Å². The third-order valence-corrected chi connectivity index (χ3v) is 3.70. The monoisotopic (exact) mass is 290 g/mol. The van der Waals surface area contributed by atoms with Crippen LogP contribution in [0.4, 0.5) is 5.00 Å². The molecule has 2 aromatic rings. The molecule has 0 spiro atoms. The molecule has 0 saturated heterocycles. The molecular formula is C14H14N2O3S. The number of esters is 1. The summed E-state index contributed by atoms with van der Waals surface area (Å²) in [6, 6.07) is 9.03. The standard InChI is InChI=1S/C14H14N2O3S/c1-2-19-14(18)11-9(8-6-4-3-5-7-8)10(12(15)17)13(16)20-11/h3-7H,2,16H2,1H3,(H2,15,17). The molecule has 0 atom stereocenters. The minimum Gasteiger partial charge on any atom is -0.462 e. The number of carbonyl (C=O) groups is 2. The lowest BCUT2D eigenvalue weighted by molar-refractivity contribution is 0.0533. The van der Waals surface area contributed by atoms with Crippen molar-refractivity contribution in [2.75, 3.05) is 12.3 Å². The van der Waals surface area contributed by atoms with E-state index in [0.717, 1.165) is 11.3 Å². The zero-order chi connectivity index (χ0) is 14.7. The second kappa shape index (κ2) is 5.75. The number of ether oxygens (including phenoxy) is 1. The number of hydrogen-bond acceptors (Lipinski definition) is 5. The van der Waals surface area contributed by atoms with Crippen molar-refractivity contribution in [2.45, 2.75) is 6.92 Å². The van der Waals surface area contributed by atoms with Crippen molar-refractivity contribution in [2.24, 2.45) is 5.73 Å². The third kappa shape index (κ3) is 2.50. The molecule has 4 N–H and O–H groups in total. The SMILES string of the molecule is CCOC(=O)c1sc(N)c(C(N)=O)c1-c1ccccc1. The van der Waals surface area contributed by atoms with E-state index in [0.29, 0.717) is 16.0 Å². The van der Waals surface area contributed by atoms with Crippen molar-refractivity contribution in [3.8, 4) is 11.1 Å². The van der Waals surface area contributed by atoms with Crippen LogP contribution in [0.25, 0.3) is 11.1 Å². The number of carbonyl (C=O) groups excluding carboxylic acids is 2. The van der Waals surface area contributed by atoms with Gasteiger partial charge in [0.2, 0.25) is 0 Å². The number of primary amides is 1. The van der Waals surface area contributed by atoms with Crippen molar-refractivity contribution in [3.05, 3.63) is 40.8 Å². The van der Waals surface area contributed by atoms with E-state index in [9.17, 15) is 9.59 Å². The van der Waals surface area contributed by atoms with Gasteiger partial charge in [0.15, 0.2) is 0 Å². The molecule has 1 amide bonds. The maximum Gasteiger partial charge on any atom is 0.349 e. The molecule has 1 aromatic carbocycles. The van der Waals surface area contributed by atoms with Crippen molar-refractivity contribution in [3.63, 3.8) is 0 Å². The Balaban J connectivity index is 2.68. The number of benzene rings is 1. The van der Waals surface area contributed by atoms with Crippen molar-refractivity contribution in [1.82, 2.24) is 0 Å². The largest absolute Gasteiger partial charge is 0.462 e. The van der Waals surface area contributed by atoms with E-state index in [1.807, 2.05) is 18.2 Å². The number of amides is 1. The number of hydrogen-bond donors (Lipinski definition) is 2. The summed E-state index contributed by atoms with van der Waals surface area (Å²) in [5.74, 6) is -1.16. The zero-order valence-electron chi connectivity index (χ0n) is 10.9. The Morgan fingerprint density at radius 1 is 1.25 bits per heavy atom. The molecule has 0 aliphatic carbocycles. The average molecular weight is 290 g/mol. The topological polar surface area (TPSA) is 95.4 Å². The highest BCUT2D eigenvalue weighted by Gasteiger charge is 2.26. The second-order valence-corrected chi connectivity index (χ2v) is 5.05. The van der Waals surface area contributed by atoms with E-state index in [-0.39, 0.29) is 17.2 Å². The van der Waals surface area contributed by atoms with Crippen LogP contribution in [0.2, 0.25) is 0 Å². The first-order valence-electron chi connectivity index (χ1n) is 6.00. The second-order valence-electron chi connectivity index (χ2n) is 4.00. The Hall–Kier alpha value is -2.34. The van der Waals surface area contributed by atoms with Crippen LogP contribution in [-0.4, -0.2) is 18.5 Å². The van der Waals surface area contributed by atoms with E-state index in [1.165, 1.54) is 0 Å². The lowest BCUT2D eigenvalue weighted by Crippen LogP contribution is -2.14. The summed E-state index contributed by atoms with van der Waals surface area (Å²) < 4.78 is 5.00. The van der Waals surface area contributed by atoms with Crippen molar-refractivity contribution >= 4 is 28.2 Å². The molecule has 0 radical (unpaired) electrons. The summed E-state index contributed by atoms with van der Waals surface area (Å²) in [5, 5.41) is 0.222. The number of nitrogen functional groups attached to an aromatic ring is 1. The number of nitrogens with two attached hydrogens (primary N) is 2. The fourth-order valence-electron chi connectivity index (χ4n) is 1.91. The van der Waals surface area contributed by atoms with Gasteiger partial charge in [0, 0.05) is 5.56 Å². The maximum atomic E-state index is 12.0. The molecule has 0 fully saturated rings. The highest BCUT2D eigenvalue weighted by molar-refractivity contribution is 7.18. The smallest absolute Gasteiger partial charge is 0.349 e. The minimum atomic E-state index is -0.659. The molecule has 0 bridgehead atoms. The van der Waals surface area contributed by atoms with Crippen LogP contribution in [0.1, 0.15) is 27.0 Å². The van der Waals surface area contributed by atoms with Crippen LogP contribution in [0.5, 0.6) is 0 Å². The van der Waals surface area contributed by atoms with Crippen molar-refractivity contribution < 1.29 is 14.3 Å². The molecule has 6 heteroatoms. The van der Waals surface area contributed by atoms with Crippen LogP contribution in [-0.2, 0) is 4.74 Å². The summed E-state index contributed by atoms with van der Waals surface area (Å²) in [6.07, 6.45) is 0. The molecule has 104 valence electrons. The highest BCUT2D eigenvalue weighted by Crippen LogP contribution is 2.38. The Labute approximate surface area is 120 Å². The van der Waals surface area contributed by atoms with E-state index >= 15 is 0 Å². The van der Waals surface area contributed by atoms with Gasteiger partial charge in [-0.2, -0.15) is 0 Å². The molecule has 0 saturated carbocycles.